The predicted molar refractivity (Wildman–Crippen MR) is 89.8 cm³/mol. The lowest BCUT2D eigenvalue weighted by molar-refractivity contribution is -0.0800. The van der Waals surface area contributed by atoms with Gasteiger partial charge < -0.3 is 0 Å². The topological polar surface area (TPSA) is 0 Å². The number of halogens is 3. The van der Waals surface area contributed by atoms with Crippen molar-refractivity contribution in [2.24, 2.45) is 0 Å². The Hall–Kier alpha value is -1.49. The molecule has 0 unspecified atom stereocenters. The summed E-state index contributed by atoms with van der Waals surface area (Å²) >= 11 is 1.69. The Bertz CT molecular complexity index is 602. The van der Waals surface area contributed by atoms with E-state index in [1.807, 2.05) is 30.3 Å². The van der Waals surface area contributed by atoms with E-state index in [0.29, 0.717) is 18.8 Å². The summed E-state index contributed by atoms with van der Waals surface area (Å²) in [5, 5.41) is 2.14. The highest BCUT2D eigenvalue weighted by molar-refractivity contribution is 7.24. The van der Waals surface area contributed by atoms with E-state index in [2.05, 4.69) is 18.4 Å². The van der Waals surface area contributed by atoms with E-state index < -0.39 is 6.18 Å². The van der Waals surface area contributed by atoms with E-state index in [9.17, 15) is 13.2 Å². The molecule has 0 radical (unpaired) electrons. The van der Waals surface area contributed by atoms with E-state index >= 15 is 0 Å². The highest BCUT2D eigenvalue weighted by atomic mass is 32.1. The molecule has 22 heavy (non-hydrogen) atoms. The standard InChI is InChI=1S/C17H18BF3S/c1-2-14-12-16(22-13-14)18(15-8-4-3-5-9-15)11-7-6-10-17(19,20)21/h3-6,8-10,12-13H,2,7,11H2,1H3. The van der Waals surface area contributed by atoms with Crippen LogP contribution in [0.2, 0.25) is 6.32 Å². The van der Waals surface area contributed by atoms with Crippen LogP contribution in [0.5, 0.6) is 0 Å². The minimum Gasteiger partial charge on any atom is -0.167 e. The molecule has 0 nitrogen and oxygen atoms in total. The Morgan fingerprint density at radius 2 is 1.91 bits per heavy atom. The zero-order valence-electron chi connectivity index (χ0n) is 12.4. The Balaban J connectivity index is 2.14. The molecule has 0 aliphatic rings. The molecule has 0 saturated carbocycles. The van der Waals surface area contributed by atoms with Crippen LogP contribution in [-0.4, -0.2) is 12.9 Å². The fourth-order valence-electron chi connectivity index (χ4n) is 2.40. The second-order valence-corrected chi connectivity index (χ2v) is 6.14. The van der Waals surface area contributed by atoms with Crippen LogP contribution in [0.3, 0.4) is 0 Å². The quantitative estimate of drug-likeness (QED) is 0.545. The van der Waals surface area contributed by atoms with Gasteiger partial charge in [0.1, 0.15) is 0 Å². The van der Waals surface area contributed by atoms with Gasteiger partial charge in [-0.15, -0.1) is 0 Å². The van der Waals surface area contributed by atoms with Crippen LogP contribution in [0.25, 0.3) is 0 Å². The molecule has 0 bridgehead atoms. The normalized spacial score (nSPS) is 12.0. The van der Waals surface area contributed by atoms with Gasteiger partial charge in [0.25, 0.3) is 0 Å². The van der Waals surface area contributed by atoms with Crippen molar-refractivity contribution < 1.29 is 13.2 Å². The first-order chi connectivity index (χ1) is 10.5. The minimum absolute atomic E-state index is 0.157. The zero-order chi connectivity index (χ0) is 16.0. The molecule has 0 fully saturated rings. The second kappa shape index (κ2) is 7.68. The smallest absolute Gasteiger partial charge is 0.167 e. The van der Waals surface area contributed by atoms with Crippen LogP contribution in [0.4, 0.5) is 13.2 Å². The van der Waals surface area contributed by atoms with Crippen molar-refractivity contribution in [2.75, 3.05) is 0 Å². The number of benzene rings is 1. The summed E-state index contributed by atoms with van der Waals surface area (Å²) < 4.78 is 37.8. The number of aryl methyl sites for hydroxylation is 1. The molecule has 116 valence electrons. The predicted octanol–water partition coefficient (Wildman–Crippen LogP) is 4.43. The summed E-state index contributed by atoms with van der Waals surface area (Å²) in [5.74, 6) is 0. The maximum Gasteiger partial charge on any atom is 0.409 e. The highest BCUT2D eigenvalue weighted by Gasteiger charge is 2.23. The lowest BCUT2D eigenvalue weighted by Gasteiger charge is -2.11. The third-order valence-corrected chi connectivity index (χ3v) is 4.65. The number of alkyl halides is 3. The molecule has 1 heterocycles. The average Bonchev–Trinajstić information content (AvgIpc) is 2.96. The molecule has 1 aromatic heterocycles. The van der Waals surface area contributed by atoms with Crippen molar-refractivity contribution in [1.29, 1.82) is 0 Å². The van der Waals surface area contributed by atoms with E-state index in [0.717, 1.165) is 11.9 Å². The number of rotatable bonds is 6. The van der Waals surface area contributed by atoms with Gasteiger partial charge in [-0.25, -0.2) is 0 Å². The van der Waals surface area contributed by atoms with Crippen LogP contribution < -0.4 is 10.2 Å². The van der Waals surface area contributed by atoms with E-state index in [1.54, 1.807) is 11.3 Å². The Morgan fingerprint density at radius 3 is 2.50 bits per heavy atom. The van der Waals surface area contributed by atoms with Crippen molar-refractivity contribution in [2.45, 2.75) is 32.3 Å². The maximum absolute atomic E-state index is 12.2. The third kappa shape index (κ3) is 5.06. The SMILES string of the molecule is CCc1csc(B(CCC=CC(F)(F)F)c2ccccc2)c1. The molecule has 2 aromatic rings. The zero-order valence-corrected chi connectivity index (χ0v) is 13.3. The van der Waals surface area contributed by atoms with Gasteiger partial charge in [0, 0.05) is 6.08 Å². The van der Waals surface area contributed by atoms with Crippen LogP contribution >= 0.6 is 11.3 Å². The first-order valence-electron chi connectivity index (χ1n) is 7.36. The van der Waals surface area contributed by atoms with Crippen LogP contribution in [-0.2, 0) is 6.42 Å². The van der Waals surface area contributed by atoms with Gasteiger partial charge in [0.05, 0.1) is 0 Å². The summed E-state index contributed by atoms with van der Waals surface area (Å²) in [6.45, 7) is 2.26. The molecule has 0 aliphatic carbocycles. The second-order valence-electron chi connectivity index (χ2n) is 5.20. The molecule has 0 spiro atoms. The van der Waals surface area contributed by atoms with E-state index in [1.165, 1.54) is 16.4 Å². The summed E-state index contributed by atoms with van der Waals surface area (Å²) in [6.07, 6.45) is -0.587. The Labute approximate surface area is 133 Å². The molecule has 1 aromatic carbocycles. The molecule has 2 rings (SSSR count). The fraction of sp³-hybridized carbons (Fsp3) is 0.294. The lowest BCUT2D eigenvalue weighted by atomic mass is 9.41. The minimum atomic E-state index is -4.22. The van der Waals surface area contributed by atoms with Gasteiger partial charge in [-0.3, -0.25) is 0 Å². The first-order valence-corrected chi connectivity index (χ1v) is 8.24. The lowest BCUT2D eigenvalue weighted by Crippen LogP contribution is -2.40. The van der Waals surface area contributed by atoms with Crippen LogP contribution in [0.15, 0.2) is 53.9 Å². The van der Waals surface area contributed by atoms with Gasteiger partial charge >= 0.3 is 6.18 Å². The molecule has 0 saturated heterocycles. The number of hydrogen-bond acceptors (Lipinski definition) is 1. The van der Waals surface area contributed by atoms with Gasteiger partial charge in [-0.1, -0.05) is 61.2 Å². The number of thiophene rings is 1. The van der Waals surface area contributed by atoms with Crippen molar-refractivity contribution in [1.82, 2.24) is 0 Å². The van der Waals surface area contributed by atoms with Gasteiger partial charge in [0.15, 0.2) is 0 Å². The fourth-order valence-corrected chi connectivity index (χ4v) is 3.56. The average molecular weight is 322 g/mol. The maximum atomic E-state index is 12.2. The van der Waals surface area contributed by atoms with Crippen molar-refractivity contribution in [3.63, 3.8) is 0 Å². The summed E-state index contributed by atoms with van der Waals surface area (Å²) in [4.78, 5) is 0. The third-order valence-electron chi connectivity index (χ3n) is 3.56. The molecular formula is C17H18BF3S. The molecule has 0 aliphatic heterocycles. The summed E-state index contributed by atoms with van der Waals surface area (Å²) in [5.41, 5.74) is 2.44. The van der Waals surface area contributed by atoms with E-state index in [-0.39, 0.29) is 6.71 Å². The molecule has 0 N–H and O–H groups in total. The Morgan fingerprint density at radius 1 is 1.18 bits per heavy atom. The summed E-state index contributed by atoms with van der Waals surface area (Å²) in [7, 11) is 0. The molecule has 0 atom stereocenters. The monoisotopic (exact) mass is 322 g/mol. The number of hydrogen-bond donors (Lipinski definition) is 0. The summed E-state index contributed by atoms with van der Waals surface area (Å²) in [6, 6.07) is 12.2. The number of allylic oxidation sites excluding steroid dienone is 2. The van der Waals surface area contributed by atoms with Crippen molar-refractivity contribution in [3.05, 3.63) is 59.5 Å². The van der Waals surface area contributed by atoms with Crippen molar-refractivity contribution in [3.8, 4) is 0 Å². The molecule has 5 heteroatoms. The van der Waals surface area contributed by atoms with Gasteiger partial charge in [0.2, 0.25) is 6.71 Å². The van der Waals surface area contributed by atoms with Gasteiger partial charge in [-0.05, 0) is 28.6 Å². The molecule has 0 amide bonds. The Kier molecular flexibility index (Phi) is 5.89. The van der Waals surface area contributed by atoms with Crippen LogP contribution in [0, 0.1) is 0 Å². The highest BCUT2D eigenvalue weighted by Crippen LogP contribution is 2.17. The van der Waals surface area contributed by atoms with E-state index in [4.69, 9.17) is 0 Å². The molecular weight excluding hydrogens is 304 g/mol. The largest absolute Gasteiger partial charge is 0.409 e. The van der Waals surface area contributed by atoms with Gasteiger partial charge in [-0.2, -0.15) is 24.5 Å². The van der Waals surface area contributed by atoms with Crippen molar-refractivity contribution >= 4 is 28.3 Å². The first kappa shape index (κ1) is 16.9. The van der Waals surface area contributed by atoms with Crippen LogP contribution in [0.1, 0.15) is 18.9 Å².